The summed E-state index contributed by atoms with van der Waals surface area (Å²) in [5.74, 6) is 0. The SMILES string of the molecule is CSC1=NC=C(c2ccccc2)S(=O)(=O)N1C. The molecule has 0 saturated carbocycles. The molecule has 4 nitrogen and oxygen atoms in total. The van der Waals surface area contributed by atoms with Crippen molar-refractivity contribution in [3.63, 3.8) is 0 Å². The van der Waals surface area contributed by atoms with Crippen molar-refractivity contribution in [2.45, 2.75) is 0 Å². The number of rotatable bonds is 1. The molecule has 1 aromatic rings. The summed E-state index contributed by atoms with van der Waals surface area (Å²) in [4.78, 5) is 4.38. The van der Waals surface area contributed by atoms with E-state index in [0.29, 0.717) is 10.7 Å². The van der Waals surface area contributed by atoms with Gasteiger partial charge >= 0.3 is 0 Å². The first-order chi connectivity index (χ1) is 8.07. The molecule has 17 heavy (non-hydrogen) atoms. The van der Waals surface area contributed by atoms with E-state index in [1.54, 1.807) is 30.5 Å². The average Bonchev–Trinajstić information content (AvgIpc) is 2.33. The zero-order valence-electron chi connectivity index (χ0n) is 9.49. The minimum Gasteiger partial charge on any atom is -0.247 e. The maximum absolute atomic E-state index is 12.2. The van der Waals surface area contributed by atoms with Crippen molar-refractivity contribution in [2.24, 2.45) is 4.99 Å². The van der Waals surface area contributed by atoms with Gasteiger partial charge in [0.25, 0.3) is 10.0 Å². The van der Waals surface area contributed by atoms with Crippen LogP contribution < -0.4 is 0 Å². The van der Waals surface area contributed by atoms with Gasteiger partial charge in [-0.2, -0.15) is 0 Å². The van der Waals surface area contributed by atoms with E-state index < -0.39 is 10.0 Å². The summed E-state index contributed by atoms with van der Waals surface area (Å²) in [5.41, 5.74) is 0.656. The second-order valence-corrected chi connectivity index (χ2v) is 6.16. The van der Waals surface area contributed by atoms with Gasteiger partial charge in [0, 0.05) is 7.05 Å². The van der Waals surface area contributed by atoms with Crippen LogP contribution in [0.5, 0.6) is 0 Å². The summed E-state index contributed by atoms with van der Waals surface area (Å²) in [6.45, 7) is 0. The molecule has 1 aliphatic heterocycles. The zero-order valence-corrected chi connectivity index (χ0v) is 11.1. The number of amidine groups is 1. The van der Waals surface area contributed by atoms with Crippen molar-refractivity contribution < 1.29 is 8.42 Å². The van der Waals surface area contributed by atoms with Gasteiger partial charge < -0.3 is 0 Å². The Hall–Kier alpha value is -1.27. The van der Waals surface area contributed by atoms with E-state index >= 15 is 0 Å². The molecule has 0 fully saturated rings. The highest BCUT2D eigenvalue weighted by Crippen LogP contribution is 2.28. The maximum Gasteiger partial charge on any atom is 0.267 e. The van der Waals surface area contributed by atoms with Crippen LogP contribution in [0.1, 0.15) is 5.56 Å². The Morgan fingerprint density at radius 1 is 1.24 bits per heavy atom. The van der Waals surface area contributed by atoms with E-state index in [9.17, 15) is 8.42 Å². The van der Waals surface area contributed by atoms with Crippen LogP contribution in [0.4, 0.5) is 0 Å². The van der Waals surface area contributed by atoms with Crippen molar-refractivity contribution in [3.8, 4) is 0 Å². The summed E-state index contributed by atoms with van der Waals surface area (Å²) in [6, 6.07) is 8.98. The molecular weight excluding hydrogens is 256 g/mol. The van der Waals surface area contributed by atoms with Gasteiger partial charge in [-0.25, -0.2) is 17.7 Å². The van der Waals surface area contributed by atoms with Crippen molar-refractivity contribution >= 4 is 31.9 Å². The largest absolute Gasteiger partial charge is 0.267 e. The second-order valence-electron chi connectivity index (χ2n) is 3.45. The Labute approximate surface area is 105 Å². The molecule has 1 aromatic carbocycles. The van der Waals surface area contributed by atoms with Crippen LogP contribution in [0.3, 0.4) is 0 Å². The van der Waals surface area contributed by atoms with Gasteiger partial charge in [0.05, 0.1) is 6.20 Å². The van der Waals surface area contributed by atoms with Gasteiger partial charge in [0.15, 0.2) is 5.17 Å². The Morgan fingerprint density at radius 3 is 2.47 bits per heavy atom. The lowest BCUT2D eigenvalue weighted by atomic mass is 10.2. The fourth-order valence-electron chi connectivity index (χ4n) is 1.52. The molecule has 0 spiro atoms. The molecule has 90 valence electrons. The highest BCUT2D eigenvalue weighted by atomic mass is 32.2. The van der Waals surface area contributed by atoms with E-state index in [1.807, 2.05) is 6.07 Å². The third-order valence-electron chi connectivity index (χ3n) is 2.44. The van der Waals surface area contributed by atoms with Crippen LogP contribution in [-0.2, 0) is 10.0 Å². The van der Waals surface area contributed by atoms with E-state index in [-0.39, 0.29) is 4.91 Å². The molecule has 6 heteroatoms. The van der Waals surface area contributed by atoms with Crippen LogP contribution in [0, 0.1) is 0 Å². The topological polar surface area (TPSA) is 49.7 Å². The number of sulfonamides is 1. The van der Waals surface area contributed by atoms with Gasteiger partial charge in [-0.15, -0.1) is 0 Å². The van der Waals surface area contributed by atoms with Crippen molar-refractivity contribution in [1.82, 2.24) is 4.31 Å². The minimum atomic E-state index is -3.47. The number of nitrogens with zero attached hydrogens (tertiary/aromatic N) is 2. The smallest absolute Gasteiger partial charge is 0.247 e. The number of benzene rings is 1. The first-order valence-electron chi connectivity index (χ1n) is 4.93. The third kappa shape index (κ3) is 2.10. The zero-order chi connectivity index (χ0) is 12.5. The number of aliphatic imine (C=N–C) groups is 1. The first kappa shape index (κ1) is 12.2. The van der Waals surface area contributed by atoms with Crippen LogP contribution in [0.2, 0.25) is 0 Å². The Balaban J connectivity index is 2.56. The van der Waals surface area contributed by atoms with Crippen LogP contribution in [-0.4, -0.2) is 31.2 Å². The molecule has 0 aliphatic carbocycles. The lowest BCUT2D eigenvalue weighted by Gasteiger charge is -2.24. The summed E-state index contributed by atoms with van der Waals surface area (Å²) in [7, 11) is -1.96. The van der Waals surface area contributed by atoms with E-state index in [0.717, 1.165) is 0 Å². The molecule has 0 aromatic heterocycles. The van der Waals surface area contributed by atoms with Gasteiger partial charge in [-0.05, 0) is 11.8 Å². The van der Waals surface area contributed by atoms with Crippen molar-refractivity contribution in [2.75, 3.05) is 13.3 Å². The second kappa shape index (κ2) is 4.54. The Kier molecular flexibility index (Phi) is 3.26. The molecule has 0 saturated heterocycles. The lowest BCUT2D eigenvalue weighted by Crippen LogP contribution is -2.33. The first-order valence-corrected chi connectivity index (χ1v) is 7.60. The summed E-state index contributed by atoms with van der Waals surface area (Å²) < 4.78 is 25.7. The van der Waals surface area contributed by atoms with E-state index in [2.05, 4.69) is 4.99 Å². The fraction of sp³-hybridized carbons (Fsp3) is 0.182. The van der Waals surface area contributed by atoms with Gasteiger partial charge in [-0.3, -0.25) is 0 Å². The molecule has 2 rings (SSSR count). The fourth-order valence-corrected chi connectivity index (χ4v) is 3.62. The number of hydrogen-bond donors (Lipinski definition) is 0. The average molecular weight is 268 g/mol. The van der Waals surface area contributed by atoms with E-state index in [4.69, 9.17) is 0 Å². The minimum absolute atomic E-state index is 0.235. The highest BCUT2D eigenvalue weighted by molar-refractivity contribution is 8.14. The normalized spacial score (nSPS) is 18.6. The predicted molar refractivity (Wildman–Crippen MR) is 72.1 cm³/mol. The lowest BCUT2D eigenvalue weighted by molar-refractivity contribution is 0.565. The van der Waals surface area contributed by atoms with Crippen molar-refractivity contribution in [3.05, 3.63) is 42.1 Å². The molecule has 1 heterocycles. The molecule has 0 bridgehead atoms. The molecule has 0 amide bonds. The van der Waals surface area contributed by atoms with Crippen LogP contribution in [0.15, 0.2) is 41.5 Å². The van der Waals surface area contributed by atoms with Gasteiger partial charge in [0.1, 0.15) is 4.91 Å². The molecule has 0 unspecified atom stereocenters. The maximum atomic E-state index is 12.2. The van der Waals surface area contributed by atoms with Crippen LogP contribution >= 0.6 is 11.8 Å². The van der Waals surface area contributed by atoms with Gasteiger partial charge in [0.2, 0.25) is 0 Å². The van der Waals surface area contributed by atoms with Crippen LogP contribution in [0.25, 0.3) is 4.91 Å². The van der Waals surface area contributed by atoms with Crippen molar-refractivity contribution in [1.29, 1.82) is 0 Å². The molecule has 0 radical (unpaired) electrons. The molecule has 1 aliphatic rings. The third-order valence-corrected chi connectivity index (χ3v) is 5.09. The molecular formula is C11H12N2O2S2. The number of thioether (sulfide) groups is 1. The Morgan fingerprint density at radius 2 is 1.88 bits per heavy atom. The molecule has 0 N–H and O–H groups in total. The van der Waals surface area contributed by atoms with E-state index in [1.165, 1.54) is 29.3 Å². The quantitative estimate of drug-likeness (QED) is 0.782. The predicted octanol–water partition coefficient (Wildman–Crippen LogP) is 1.98. The summed E-state index contributed by atoms with van der Waals surface area (Å²) in [5, 5.41) is 0.477. The summed E-state index contributed by atoms with van der Waals surface area (Å²) >= 11 is 1.31. The monoisotopic (exact) mass is 268 g/mol. The standard InChI is InChI=1S/C11H12N2O2S2/c1-13-11(16-2)12-8-10(17(13,14)15)9-6-4-3-5-7-9/h3-8H,1-2H3. The van der Waals surface area contributed by atoms with Gasteiger partial charge in [-0.1, -0.05) is 42.1 Å². The highest BCUT2D eigenvalue weighted by Gasteiger charge is 2.30. The molecule has 0 atom stereocenters. The Bertz CT molecular complexity index is 577. The summed E-state index contributed by atoms with van der Waals surface area (Å²) in [6.07, 6.45) is 3.21. The number of hydrogen-bond acceptors (Lipinski definition) is 4.